The minimum absolute atomic E-state index is 0.390. The summed E-state index contributed by atoms with van der Waals surface area (Å²) in [7, 11) is 5.63. The second-order valence-electron chi connectivity index (χ2n) is 4.81. The summed E-state index contributed by atoms with van der Waals surface area (Å²) in [5.74, 6) is 1.72. The van der Waals surface area contributed by atoms with Gasteiger partial charge in [-0.15, -0.1) is 0 Å². The average Bonchev–Trinajstić information content (AvgIpc) is 2.80. The van der Waals surface area contributed by atoms with E-state index in [1.807, 2.05) is 38.1 Å². The molecule has 0 aliphatic carbocycles. The van der Waals surface area contributed by atoms with Crippen molar-refractivity contribution in [2.45, 2.75) is 25.9 Å². The lowest BCUT2D eigenvalue weighted by atomic mass is 10.0. The Morgan fingerprint density at radius 2 is 2.06 bits per heavy atom. The number of imidazole rings is 1. The first-order valence-electron chi connectivity index (χ1n) is 6.10. The van der Waals surface area contributed by atoms with Crippen LogP contribution in [0.2, 0.25) is 0 Å². The second kappa shape index (κ2) is 4.57. The monoisotopic (exact) mass is 248 g/mol. The standard InChI is InChI=1S/C13H20N4O/c1-6-13(2,18-5)12-14-9-7-8-10(17(3)4)15-11(9)16-12/h7-8H,6H2,1-5H3,(H,14,15,16). The van der Waals surface area contributed by atoms with Crippen molar-refractivity contribution >= 4 is 17.0 Å². The Balaban J connectivity index is 2.50. The molecule has 2 heterocycles. The molecule has 0 aliphatic rings. The van der Waals surface area contributed by atoms with Crippen molar-refractivity contribution in [3.05, 3.63) is 18.0 Å². The lowest BCUT2D eigenvalue weighted by Crippen LogP contribution is -2.24. The van der Waals surface area contributed by atoms with Crippen molar-refractivity contribution in [2.75, 3.05) is 26.1 Å². The summed E-state index contributed by atoms with van der Waals surface area (Å²) in [5, 5.41) is 0. The van der Waals surface area contributed by atoms with Crippen LogP contribution in [0.15, 0.2) is 12.1 Å². The van der Waals surface area contributed by atoms with Gasteiger partial charge < -0.3 is 14.6 Å². The smallest absolute Gasteiger partial charge is 0.179 e. The Morgan fingerprint density at radius 1 is 1.33 bits per heavy atom. The Hall–Kier alpha value is -1.62. The molecule has 5 nitrogen and oxygen atoms in total. The van der Waals surface area contributed by atoms with Gasteiger partial charge in [-0.2, -0.15) is 0 Å². The molecule has 0 radical (unpaired) electrons. The highest BCUT2D eigenvalue weighted by molar-refractivity contribution is 5.73. The number of hydrogen-bond donors (Lipinski definition) is 1. The molecule has 0 amide bonds. The number of H-pyrrole nitrogens is 1. The maximum Gasteiger partial charge on any atom is 0.179 e. The number of ether oxygens (including phenoxy) is 1. The lowest BCUT2D eigenvalue weighted by Gasteiger charge is -2.23. The van der Waals surface area contributed by atoms with Gasteiger partial charge in [0.15, 0.2) is 5.65 Å². The van der Waals surface area contributed by atoms with Gasteiger partial charge in [0.1, 0.15) is 17.2 Å². The first-order chi connectivity index (χ1) is 8.50. The molecule has 2 aromatic heterocycles. The van der Waals surface area contributed by atoms with Crippen LogP contribution in [0, 0.1) is 0 Å². The van der Waals surface area contributed by atoms with Crippen LogP contribution < -0.4 is 4.90 Å². The molecular weight excluding hydrogens is 228 g/mol. The zero-order valence-corrected chi connectivity index (χ0v) is 11.6. The second-order valence-corrected chi connectivity index (χ2v) is 4.81. The summed E-state index contributed by atoms with van der Waals surface area (Å²) in [6, 6.07) is 3.97. The quantitative estimate of drug-likeness (QED) is 0.902. The van der Waals surface area contributed by atoms with E-state index < -0.39 is 0 Å². The van der Waals surface area contributed by atoms with Gasteiger partial charge in [0.2, 0.25) is 0 Å². The number of anilines is 1. The number of aromatic amines is 1. The maximum absolute atomic E-state index is 5.55. The first kappa shape index (κ1) is 12.8. The zero-order valence-electron chi connectivity index (χ0n) is 11.6. The number of rotatable bonds is 4. The van der Waals surface area contributed by atoms with Crippen LogP contribution in [-0.2, 0) is 10.3 Å². The number of nitrogens with zero attached hydrogens (tertiary/aromatic N) is 3. The Bertz CT molecular complexity index is 543. The lowest BCUT2D eigenvalue weighted by molar-refractivity contribution is -0.00805. The van der Waals surface area contributed by atoms with Gasteiger partial charge in [0, 0.05) is 21.2 Å². The van der Waals surface area contributed by atoms with Crippen LogP contribution in [0.25, 0.3) is 11.2 Å². The summed E-state index contributed by atoms with van der Waals surface area (Å²) in [5.41, 5.74) is 1.28. The van der Waals surface area contributed by atoms with Crippen LogP contribution >= 0.6 is 0 Å². The van der Waals surface area contributed by atoms with Crippen LogP contribution in [0.5, 0.6) is 0 Å². The molecule has 0 spiro atoms. The minimum atomic E-state index is -0.390. The van der Waals surface area contributed by atoms with E-state index in [2.05, 4.69) is 21.9 Å². The highest BCUT2D eigenvalue weighted by Gasteiger charge is 2.28. The van der Waals surface area contributed by atoms with Gasteiger partial charge >= 0.3 is 0 Å². The van der Waals surface area contributed by atoms with E-state index in [1.54, 1.807) is 7.11 Å². The highest BCUT2D eigenvalue weighted by atomic mass is 16.5. The molecule has 2 aromatic rings. The molecule has 0 aliphatic heterocycles. The number of nitrogens with one attached hydrogen (secondary N) is 1. The van der Waals surface area contributed by atoms with Crippen LogP contribution in [0.1, 0.15) is 26.1 Å². The van der Waals surface area contributed by atoms with E-state index in [9.17, 15) is 0 Å². The summed E-state index contributed by atoms with van der Waals surface area (Å²) in [6.07, 6.45) is 0.851. The van der Waals surface area contributed by atoms with Crippen molar-refractivity contribution in [1.29, 1.82) is 0 Å². The van der Waals surface area contributed by atoms with E-state index in [0.29, 0.717) is 0 Å². The average molecular weight is 248 g/mol. The van der Waals surface area contributed by atoms with E-state index >= 15 is 0 Å². The van der Waals surface area contributed by atoms with Crippen molar-refractivity contribution in [3.63, 3.8) is 0 Å². The Labute approximate surface area is 107 Å². The molecule has 0 aromatic carbocycles. The predicted octanol–water partition coefficient (Wildman–Crippen LogP) is 2.30. The number of aromatic nitrogens is 3. The number of hydrogen-bond acceptors (Lipinski definition) is 4. The molecule has 0 bridgehead atoms. The normalized spacial score (nSPS) is 14.7. The molecule has 0 saturated carbocycles. The van der Waals surface area contributed by atoms with Crippen molar-refractivity contribution in [1.82, 2.24) is 15.0 Å². The van der Waals surface area contributed by atoms with Gasteiger partial charge in [0.25, 0.3) is 0 Å². The molecule has 2 rings (SSSR count). The molecular formula is C13H20N4O. The third-order valence-electron chi connectivity index (χ3n) is 3.42. The van der Waals surface area contributed by atoms with E-state index in [4.69, 9.17) is 4.74 Å². The van der Waals surface area contributed by atoms with E-state index in [-0.39, 0.29) is 5.60 Å². The van der Waals surface area contributed by atoms with Gasteiger partial charge in [-0.25, -0.2) is 9.97 Å². The molecule has 0 saturated heterocycles. The topological polar surface area (TPSA) is 54.0 Å². The SMILES string of the molecule is CCC(C)(OC)c1nc2nc(N(C)C)ccc2[nH]1. The zero-order chi connectivity index (χ0) is 13.3. The van der Waals surface area contributed by atoms with Crippen molar-refractivity contribution in [3.8, 4) is 0 Å². The van der Waals surface area contributed by atoms with Crippen LogP contribution in [0.3, 0.4) is 0 Å². The molecule has 0 fully saturated rings. The predicted molar refractivity (Wildman–Crippen MR) is 72.9 cm³/mol. The molecule has 1 atom stereocenters. The number of fused-ring (bicyclic) bond motifs is 1. The fraction of sp³-hybridized carbons (Fsp3) is 0.538. The molecule has 98 valence electrons. The summed E-state index contributed by atoms with van der Waals surface area (Å²) >= 11 is 0. The van der Waals surface area contributed by atoms with Gasteiger partial charge in [-0.1, -0.05) is 6.92 Å². The van der Waals surface area contributed by atoms with E-state index in [0.717, 1.165) is 29.2 Å². The number of pyridine rings is 1. The molecule has 1 N–H and O–H groups in total. The van der Waals surface area contributed by atoms with Crippen molar-refractivity contribution < 1.29 is 4.74 Å². The van der Waals surface area contributed by atoms with Gasteiger partial charge in [-0.3, -0.25) is 0 Å². The molecule has 18 heavy (non-hydrogen) atoms. The fourth-order valence-corrected chi connectivity index (χ4v) is 1.79. The Kier molecular flexibility index (Phi) is 3.26. The van der Waals surface area contributed by atoms with Gasteiger partial charge in [0.05, 0.1) is 5.52 Å². The summed E-state index contributed by atoms with van der Waals surface area (Å²) in [4.78, 5) is 14.3. The summed E-state index contributed by atoms with van der Waals surface area (Å²) < 4.78 is 5.55. The maximum atomic E-state index is 5.55. The summed E-state index contributed by atoms with van der Waals surface area (Å²) in [6.45, 7) is 4.10. The van der Waals surface area contributed by atoms with Gasteiger partial charge in [-0.05, 0) is 25.5 Å². The molecule has 1 unspecified atom stereocenters. The fourth-order valence-electron chi connectivity index (χ4n) is 1.79. The van der Waals surface area contributed by atoms with E-state index in [1.165, 1.54) is 0 Å². The Morgan fingerprint density at radius 3 is 2.61 bits per heavy atom. The highest BCUT2D eigenvalue weighted by Crippen LogP contribution is 2.27. The van der Waals surface area contributed by atoms with Crippen molar-refractivity contribution in [2.24, 2.45) is 0 Å². The minimum Gasteiger partial charge on any atom is -0.371 e. The largest absolute Gasteiger partial charge is 0.371 e. The first-order valence-corrected chi connectivity index (χ1v) is 6.10. The van der Waals surface area contributed by atoms with Crippen LogP contribution in [-0.4, -0.2) is 36.2 Å². The van der Waals surface area contributed by atoms with Crippen LogP contribution in [0.4, 0.5) is 5.82 Å². The molecule has 5 heteroatoms. The number of methoxy groups -OCH3 is 1. The third-order valence-corrected chi connectivity index (χ3v) is 3.42. The third kappa shape index (κ3) is 2.06.